The molecule has 1 aromatic heterocycles. The summed E-state index contributed by atoms with van der Waals surface area (Å²) in [4.78, 5) is 15.9. The molecule has 110 valence electrons. The van der Waals surface area contributed by atoms with E-state index in [1.54, 1.807) is 13.2 Å². The average molecular weight is 413 g/mol. The molecule has 1 amide bonds. The first-order chi connectivity index (χ1) is 10.1. The molecule has 0 unspecified atom stereocenters. The van der Waals surface area contributed by atoms with Crippen LogP contribution in [0.5, 0.6) is 0 Å². The molecule has 0 aliphatic heterocycles. The van der Waals surface area contributed by atoms with Gasteiger partial charge in [0.2, 0.25) is 5.91 Å². The van der Waals surface area contributed by atoms with Gasteiger partial charge in [0.15, 0.2) is 0 Å². The third kappa shape index (κ3) is 4.54. The Bertz CT molecular complexity index is 647. The molecule has 0 bridgehead atoms. The molecule has 2 N–H and O–H groups in total. The molecule has 0 radical (unpaired) electrons. The van der Waals surface area contributed by atoms with Crippen molar-refractivity contribution in [1.82, 2.24) is 10.3 Å². The summed E-state index contributed by atoms with van der Waals surface area (Å²) in [6.45, 7) is 0.582. The van der Waals surface area contributed by atoms with E-state index < -0.39 is 0 Å². The van der Waals surface area contributed by atoms with Gasteiger partial charge in [-0.25, -0.2) is 0 Å². The quantitative estimate of drug-likeness (QED) is 0.789. The van der Waals surface area contributed by atoms with E-state index >= 15 is 0 Å². The lowest BCUT2D eigenvalue weighted by Gasteiger charge is -2.12. The Kier molecular flexibility index (Phi) is 5.76. The van der Waals surface area contributed by atoms with Gasteiger partial charge in [0.05, 0.1) is 18.7 Å². The van der Waals surface area contributed by atoms with Crippen LogP contribution in [-0.4, -0.2) is 17.9 Å². The summed E-state index contributed by atoms with van der Waals surface area (Å²) in [7, 11) is 1.64. The van der Waals surface area contributed by atoms with Gasteiger partial charge in [0, 0.05) is 27.9 Å². The molecule has 0 spiro atoms. The van der Waals surface area contributed by atoms with Gasteiger partial charge in [-0.3, -0.25) is 9.78 Å². The Morgan fingerprint density at radius 3 is 2.76 bits per heavy atom. The van der Waals surface area contributed by atoms with Gasteiger partial charge >= 0.3 is 0 Å². The number of nitrogens with zero attached hydrogens (tertiary/aromatic N) is 1. The predicted molar refractivity (Wildman–Crippen MR) is 91.2 cm³/mol. The van der Waals surface area contributed by atoms with Gasteiger partial charge in [-0.2, -0.15) is 0 Å². The lowest BCUT2D eigenvalue weighted by atomic mass is 10.1. The molecule has 1 heterocycles. The van der Waals surface area contributed by atoms with Crippen LogP contribution in [-0.2, 0) is 17.8 Å². The van der Waals surface area contributed by atoms with E-state index in [1.165, 1.54) is 0 Å². The van der Waals surface area contributed by atoms with Crippen LogP contribution in [0.1, 0.15) is 11.3 Å². The summed E-state index contributed by atoms with van der Waals surface area (Å²) in [6.07, 6.45) is 2.12. The molecular formula is C15H15Br2N3O. The number of benzene rings is 1. The van der Waals surface area contributed by atoms with Gasteiger partial charge in [0.1, 0.15) is 0 Å². The summed E-state index contributed by atoms with van der Waals surface area (Å²) >= 11 is 6.88. The molecule has 0 fully saturated rings. The molecule has 21 heavy (non-hydrogen) atoms. The van der Waals surface area contributed by atoms with Gasteiger partial charge < -0.3 is 10.6 Å². The van der Waals surface area contributed by atoms with Crippen molar-refractivity contribution < 1.29 is 4.79 Å². The first-order valence-corrected chi connectivity index (χ1v) is 8.01. The van der Waals surface area contributed by atoms with Crippen LogP contribution >= 0.6 is 31.9 Å². The fourth-order valence-corrected chi connectivity index (χ4v) is 2.99. The first-order valence-electron chi connectivity index (χ1n) is 6.42. The fourth-order valence-electron chi connectivity index (χ4n) is 1.86. The zero-order valence-electron chi connectivity index (χ0n) is 11.5. The topological polar surface area (TPSA) is 54.0 Å². The number of likely N-dealkylation sites (N-methyl/N-ethyl adjacent to an activating group) is 1. The molecule has 0 atom stereocenters. The highest BCUT2D eigenvalue weighted by Crippen LogP contribution is 2.22. The van der Waals surface area contributed by atoms with Gasteiger partial charge in [-0.15, -0.1) is 0 Å². The highest BCUT2D eigenvalue weighted by Gasteiger charge is 2.07. The molecule has 2 aromatic rings. The summed E-state index contributed by atoms with van der Waals surface area (Å²) in [5.41, 5.74) is 2.82. The second-order valence-corrected chi connectivity index (χ2v) is 6.21. The van der Waals surface area contributed by atoms with Crippen molar-refractivity contribution in [2.45, 2.75) is 13.0 Å². The number of pyridine rings is 1. The molecule has 2 rings (SSSR count). The van der Waals surface area contributed by atoms with Gasteiger partial charge in [-0.05, 0) is 49.6 Å². The number of nitrogens with one attached hydrogen (secondary N) is 2. The molecule has 0 saturated carbocycles. The Morgan fingerprint density at radius 1 is 1.29 bits per heavy atom. The SMILES string of the molecule is CNC(=O)Cc1ccccc1NCc1ncc(Br)cc1Br. The molecule has 1 aromatic carbocycles. The van der Waals surface area contributed by atoms with Crippen LogP contribution in [0, 0.1) is 0 Å². The van der Waals surface area contributed by atoms with E-state index in [2.05, 4.69) is 47.5 Å². The zero-order valence-corrected chi connectivity index (χ0v) is 14.7. The van der Waals surface area contributed by atoms with Crippen molar-refractivity contribution in [2.75, 3.05) is 12.4 Å². The zero-order chi connectivity index (χ0) is 15.2. The maximum Gasteiger partial charge on any atom is 0.224 e. The van der Waals surface area contributed by atoms with E-state index in [4.69, 9.17) is 0 Å². The maximum atomic E-state index is 11.5. The number of para-hydroxylation sites is 1. The van der Waals surface area contributed by atoms with E-state index in [9.17, 15) is 4.79 Å². The summed E-state index contributed by atoms with van der Waals surface area (Å²) in [5.74, 6) is -0.00722. The van der Waals surface area contributed by atoms with Crippen LogP contribution in [0.3, 0.4) is 0 Å². The Hall–Kier alpha value is -1.40. The van der Waals surface area contributed by atoms with Crippen molar-refractivity contribution in [2.24, 2.45) is 0 Å². The van der Waals surface area contributed by atoms with Crippen LogP contribution in [0.4, 0.5) is 5.69 Å². The third-order valence-electron chi connectivity index (χ3n) is 2.98. The minimum atomic E-state index is -0.00722. The first kappa shape index (κ1) is 16.0. The Balaban J connectivity index is 2.11. The number of carbonyl (C=O) groups is 1. The Morgan fingerprint density at radius 2 is 2.05 bits per heavy atom. The van der Waals surface area contributed by atoms with Crippen molar-refractivity contribution >= 4 is 43.5 Å². The summed E-state index contributed by atoms with van der Waals surface area (Å²) in [5, 5.41) is 5.97. The van der Waals surface area contributed by atoms with Crippen molar-refractivity contribution in [3.63, 3.8) is 0 Å². The van der Waals surface area contributed by atoms with Gasteiger partial charge in [-0.1, -0.05) is 18.2 Å². The minimum absolute atomic E-state index is 0.00722. The number of carbonyl (C=O) groups excluding carboxylic acids is 1. The largest absolute Gasteiger partial charge is 0.379 e. The number of rotatable bonds is 5. The second kappa shape index (κ2) is 7.56. The molecule has 4 nitrogen and oxygen atoms in total. The smallest absolute Gasteiger partial charge is 0.224 e. The normalized spacial score (nSPS) is 10.2. The van der Waals surface area contributed by atoms with Gasteiger partial charge in [0.25, 0.3) is 0 Å². The van der Waals surface area contributed by atoms with Crippen molar-refractivity contribution in [3.05, 3.63) is 56.7 Å². The highest BCUT2D eigenvalue weighted by atomic mass is 79.9. The summed E-state index contributed by atoms with van der Waals surface area (Å²) < 4.78 is 1.87. The van der Waals surface area contributed by atoms with Crippen molar-refractivity contribution in [1.29, 1.82) is 0 Å². The lowest BCUT2D eigenvalue weighted by Crippen LogP contribution is -2.20. The molecule has 0 aliphatic rings. The Labute approximate surface area is 140 Å². The average Bonchev–Trinajstić information content (AvgIpc) is 2.47. The van der Waals surface area contributed by atoms with E-state index in [1.807, 2.05) is 30.3 Å². The predicted octanol–water partition coefficient (Wildman–Crippen LogP) is 3.51. The number of hydrogen-bond acceptors (Lipinski definition) is 3. The number of amides is 1. The van der Waals surface area contributed by atoms with E-state index in [0.717, 1.165) is 25.9 Å². The number of anilines is 1. The lowest BCUT2D eigenvalue weighted by molar-refractivity contribution is -0.119. The molecule has 0 aliphatic carbocycles. The second-order valence-electron chi connectivity index (χ2n) is 4.44. The maximum absolute atomic E-state index is 11.5. The minimum Gasteiger partial charge on any atom is -0.379 e. The fraction of sp³-hybridized carbons (Fsp3) is 0.200. The van der Waals surface area contributed by atoms with E-state index in [-0.39, 0.29) is 5.91 Å². The number of aromatic nitrogens is 1. The molecule has 0 saturated heterocycles. The molecule has 6 heteroatoms. The van der Waals surface area contributed by atoms with Crippen LogP contribution in [0.2, 0.25) is 0 Å². The standard InChI is InChI=1S/C15H15Br2N3O/c1-18-15(21)6-10-4-2-3-5-13(10)20-9-14-12(17)7-11(16)8-19-14/h2-5,7-8,20H,6,9H2,1H3,(H,18,21). The van der Waals surface area contributed by atoms with Crippen LogP contribution in [0.15, 0.2) is 45.5 Å². The van der Waals surface area contributed by atoms with Crippen LogP contribution in [0.25, 0.3) is 0 Å². The van der Waals surface area contributed by atoms with E-state index in [0.29, 0.717) is 13.0 Å². The number of hydrogen-bond donors (Lipinski definition) is 2. The highest BCUT2D eigenvalue weighted by molar-refractivity contribution is 9.11. The number of halogens is 2. The third-order valence-corrected chi connectivity index (χ3v) is 4.10. The van der Waals surface area contributed by atoms with Crippen LogP contribution < -0.4 is 10.6 Å². The monoisotopic (exact) mass is 411 g/mol. The molecular weight excluding hydrogens is 398 g/mol. The summed E-state index contributed by atoms with van der Waals surface area (Å²) in [6, 6.07) is 9.74. The van der Waals surface area contributed by atoms with Crippen molar-refractivity contribution in [3.8, 4) is 0 Å².